The van der Waals surface area contributed by atoms with E-state index in [2.05, 4.69) is 5.32 Å². The highest BCUT2D eigenvalue weighted by Gasteiger charge is 2.36. The first-order valence-electron chi connectivity index (χ1n) is 5.21. The van der Waals surface area contributed by atoms with Crippen molar-refractivity contribution in [3.05, 3.63) is 28.8 Å². The number of aliphatic carboxylic acids is 1. The predicted octanol–water partition coefficient (Wildman–Crippen LogP) is 2.95. The third-order valence-corrected chi connectivity index (χ3v) is 2.80. The molecule has 1 unspecified atom stereocenters. The number of rotatable bonds is 4. The molecule has 106 valence electrons. The van der Waals surface area contributed by atoms with Crippen LogP contribution in [-0.4, -0.2) is 21.9 Å². The highest BCUT2D eigenvalue weighted by atomic mass is 35.5. The van der Waals surface area contributed by atoms with Crippen LogP contribution in [0, 0.1) is 0 Å². The Morgan fingerprint density at radius 1 is 1.42 bits per heavy atom. The first-order chi connectivity index (χ1) is 8.60. The van der Waals surface area contributed by atoms with Gasteiger partial charge in [-0.05, 0) is 18.2 Å². The minimum Gasteiger partial charge on any atom is -0.478 e. The van der Waals surface area contributed by atoms with Gasteiger partial charge >= 0.3 is 12.1 Å². The Labute approximate surface area is 111 Å². The van der Waals surface area contributed by atoms with Crippen molar-refractivity contribution < 1.29 is 28.2 Å². The summed E-state index contributed by atoms with van der Waals surface area (Å²) in [5.74, 6) is -1.54. The van der Waals surface area contributed by atoms with E-state index in [0.717, 1.165) is 12.1 Å². The summed E-state index contributed by atoms with van der Waals surface area (Å²) in [6.07, 6.45) is -4.77. The van der Waals surface area contributed by atoms with E-state index in [1.165, 1.54) is 6.92 Å². The Morgan fingerprint density at radius 3 is 2.37 bits per heavy atom. The van der Waals surface area contributed by atoms with E-state index in [-0.39, 0.29) is 12.1 Å². The molecule has 0 radical (unpaired) electrons. The van der Waals surface area contributed by atoms with Gasteiger partial charge in [0.2, 0.25) is 5.72 Å². The van der Waals surface area contributed by atoms with Gasteiger partial charge in [0.1, 0.15) is 0 Å². The molecule has 1 aromatic carbocycles. The number of nitrogens with one attached hydrogen (secondary N) is 1. The molecule has 0 heterocycles. The lowest BCUT2D eigenvalue weighted by atomic mass is 10.1. The zero-order valence-electron chi connectivity index (χ0n) is 9.75. The minimum atomic E-state index is -4.59. The van der Waals surface area contributed by atoms with E-state index in [1.54, 1.807) is 0 Å². The van der Waals surface area contributed by atoms with Crippen molar-refractivity contribution in [1.29, 1.82) is 0 Å². The molecule has 0 spiro atoms. The molecule has 19 heavy (non-hydrogen) atoms. The second-order valence-corrected chi connectivity index (χ2v) is 4.24. The van der Waals surface area contributed by atoms with Crippen molar-refractivity contribution in [2.45, 2.75) is 25.2 Å². The summed E-state index contributed by atoms with van der Waals surface area (Å²) in [7, 11) is 0. The standard InChI is InChI=1S/C11H11ClF3NO3/c1-2-10(19,9(17)18)16-6-3-4-7(8(12)5-6)11(13,14)15/h3-5,16,19H,2H2,1H3,(H,17,18). The first kappa shape index (κ1) is 15.6. The summed E-state index contributed by atoms with van der Waals surface area (Å²) in [5, 5.41) is 20.2. The van der Waals surface area contributed by atoms with E-state index >= 15 is 0 Å². The summed E-state index contributed by atoms with van der Waals surface area (Å²) in [6, 6.07) is 2.62. The second kappa shape index (κ2) is 5.26. The van der Waals surface area contributed by atoms with Gasteiger partial charge in [0.15, 0.2) is 0 Å². The van der Waals surface area contributed by atoms with Crippen LogP contribution in [0.5, 0.6) is 0 Å². The highest BCUT2D eigenvalue weighted by Crippen LogP contribution is 2.36. The number of carboxylic acids is 1. The number of carboxylic acid groups (broad SMARTS) is 1. The van der Waals surface area contributed by atoms with Crippen molar-refractivity contribution in [3.63, 3.8) is 0 Å². The lowest BCUT2D eigenvalue weighted by Gasteiger charge is -2.24. The Hall–Kier alpha value is -1.47. The minimum absolute atomic E-state index is 0.0234. The van der Waals surface area contributed by atoms with Gasteiger partial charge in [-0.3, -0.25) is 0 Å². The number of hydrogen-bond acceptors (Lipinski definition) is 3. The van der Waals surface area contributed by atoms with Crippen LogP contribution >= 0.6 is 11.6 Å². The molecule has 0 aliphatic heterocycles. The molecule has 0 aromatic heterocycles. The SMILES string of the molecule is CCC(O)(Nc1ccc(C(F)(F)F)c(Cl)c1)C(=O)O. The molecule has 1 atom stereocenters. The average Bonchev–Trinajstić information content (AvgIpc) is 2.26. The van der Waals surface area contributed by atoms with Crippen molar-refractivity contribution >= 4 is 23.3 Å². The molecular weight excluding hydrogens is 287 g/mol. The predicted molar refractivity (Wildman–Crippen MR) is 63.0 cm³/mol. The van der Waals surface area contributed by atoms with Gasteiger partial charge in [0, 0.05) is 12.1 Å². The summed E-state index contributed by atoms with van der Waals surface area (Å²) >= 11 is 5.48. The van der Waals surface area contributed by atoms with Crippen LogP contribution in [0.2, 0.25) is 5.02 Å². The average molecular weight is 298 g/mol. The number of anilines is 1. The quantitative estimate of drug-likeness (QED) is 0.747. The van der Waals surface area contributed by atoms with Crippen LogP contribution in [0.15, 0.2) is 18.2 Å². The smallest absolute Gasteiger partial charge is 0.417 e. The van der Waals surface area contributed by atoms with Crippen LogP contribution in [0.4, 0.5) is 18.9 Å². The fourth-order valence-electron chi connectivity index (χ4n) is 1.35. The third kappa shape index (κ3) is 3.51. The maximum Gasteiger partial charge on any atom is 0.417 e. The number of carbonyl (C=O) groups is 1. The highest BCUT2D eigenvalue weighted by molar-refractivity contribution is 6.31. The molecular formula is C11H11ClF3NO3. The van der Waals surface area contributed by atoms with Crippen LogP contribution in [0.1, 0.15) is 18.9 Å². The lowest BCUT2D eigenvalue weighted by Crippen LogP contribution is -2.45. The van der Waals surface area contributed by atoms with Gasteiger partial charge in [-0.2, -0.15) is 13.2 Å². The van der Waals surface area contributed by atoms with Gasteiger partial charge in [-0.25, -0.2) is 4.79 Å². The van der Waals surface area contributed by atoms with Crippen LogP contribution in [0.25, 0.3) is 0 Å². The largest absolute Gasteiger partial charge is 0.478 e. The molecule has 1 rings (SSSR count). The molecule has 8 heteroatoms. The zero-order valence-corrected chi connectivity index (χ0v) is 10.5. The normalized spacial score (nSPS) is 14.8. The molecule has 0 fully saturated rings. The molecule has 4 nitrogen and oxygen atoms in total. The van der Waals surface area contributed by atoms with Crippen LogP contribution in [-0.2, 0) is 11.0 Å². The fourth-order valence-corrected chi connectivity index (χ4v) is 1.64. The molecule has 0 saturated carbocycles. The Kier molecular flexibility index (Phi) is 4.32. The zero-order chi connectivity index (χ0) is 14.8. The number of benzene rings is 1. The van der Waals surface area contributed by atoms with E-state index in [9.17, 15) is 23.1 Å². The van der Waals surface area contributed by atoms with Gasteiger partial charge < -0.3 is 15.5 Å². The Morgan fingerprint density at radius 2 is 2.00 bits per heavy atom. The molecule has 3 N–H and O–H groups in total. The van der Waals surface area contributed by atoms with Gasteiger partial charge in [0.25, 0.3) is 0 Å². The van der Waals surface area contributed by atoms with E-state index in [1.807, 2.05) is 0 Å². The van der Waals surface area contributed by atoms with Gasteiger partial charge in [-0.1, -0.05) is 18.5 Å². The molecule has 1 aromatic rings. The molecule has 0 bridgehead atoms. The topological polar surface area (TPSA) is 69.6 Å². The van der Waals surface area contributed by atoms with E-state index < -0.39 is 28.5 Å². The molecule has 0 aliphatic carbocycles. The van der Waals surface area contributed by atoms with E-state index in [4.69, 9.17) is 16.7 Å². The summed E-state index contributed by atoms with van der Waals surface area (Å²) in [5.41, 5.74) is -3.32. The Balaban J connectivity index is 3.06. The third-order valence-electron chi connectivity index (χ3n) is 2.49. The van der Waals surface area contributed by atoms with Crippen LogP contribution < -0.4 is 5.32 Å². The molecule has 0 aliphatic rings. The fraction of sp³-hybridized carbons (Fsp3) is 0.364. The summed E-state index contributed by atoms with van der Waals surface area (Å²) in [4.78, 5) is 10.8. The van der Waals surface area contributed by atoms with Gasteiger partial charge in [-0.15, -0.1) is 0 Å². The summed E-state index contributed by atoms with van der Waals surface area (Å²) < 4.78 is 37.4. The number of aliphatic hydroxyl groups is 1. The molecule has 0 amide bonds. The van der Waals surface area contributed by atoms with Crippen molar-refractivity contribution in [2.24, 2.45) is 0 Å². The summed E-state index contributed by atoms with van der Waals surface area (Å²) in [6.45, 7) is 1.41. The van der Waals surface area contributed by atoms with Crippen molar-refractivity contribution in [1.82, 2.24) is 0 Å². The second-order valence-electron chi connectivity index (χ2n) is 3.84. The first-order valence-corrected chi connectivity index (χ1v) is 5.58. The van der Waals surface area contributed by atoms with Crippen molar-refractivity contribution in [3.8, 4) is 0 Å². The maximum atomic E-state index is 12.5. The lowest BCUT2D eigenvalue weighted by molar-refractivity contribution is -0.155. The number of hydrogen-bond donors (Lipinski definition) is 3. The maximum absolute atomic E-state index is 12.5. The molecule has 0 saturated heterocycles. The number of halogens is 4. The van der Waals surface area contributed by atoms with E-state index in [0.29, 0.717) is 6.07 Å². The monoisotopic (exact) mass is 297 g/mol. The van der Waals surface area contributed by atoms with Crippen molar-refractivity contribution in [2.75, 3.05) is 5.32 Å². The number of alkyl halides is 3. The van der Waals surface area contributed by atoms with Crippen LogP contribution in [0.3, 0.4) is 0 Å². The Bertz CT molecular complexity index is 493. The van der Waals surface area contributed by atoms with Gasteiger partial charge in [0.05, 0.1) is 10.6 Å².